The monoisotopic (exact) mass is 361 g/mol. The average molecular weight is 361 g/mol. The normalized spacial score (nSPS) is 14.2. The smallest absolute Gasteiger partial charge is 0.274 e. The molecule has 5 nitrogen and oxygen atoms in total. The Morgan fingerprint density at radius 3 is 2.41 bits per heavy atom. The lowest BCUT2D eigenvalue weighted by atomic mass is 10.1. The molecule has 0 unspecified atom stereocenters. The van der Waals surface area contributed by atoms with E-state index in [1.807, 2.05) is 61.9 Å². The lowest BCUT2D eigenvalue weighted by molar-refractivity contribution is -0.117. The number of carbonyl (C=O) groups is 2. The van der Waals surface area contributed by atoms with Gasteiger partial charge in [-0.1, -0.05) is 29.3 Å². The van der Waals surface area contributed by atoms with Gasteiger partial charge in [0.1, 0.15) is 5.69 Å². The van der Waals surface area contributed by atoms with Gasteiger partial charge in [-0.25, -0.2) is 0 Å². The van der Waals surface area contributed by atoms with Crippen molar-refractivity contribution in [2.24, 2.45) is 7.05 Å². The van der Waals surface area contributed by atoms with Crippen molar-refractivity contribution in [3.8, 4) is 0 Å². The van der Waals surface area contributed by atoms with Gasteiger partial charge < -0.3 is 14.8 Å². The zero-order valence-corrected chi connectivity index (χ0v) is 15.9. The molecule has 5 heteroatoms. The SMILES string of the molecule is Cc1ccc(NC(=O)c2c(N3CCCC3=O)c3cc(C)ccc3n2C)cc1. The van der Waals surface area contributed by atoms with E-state index in [0.717, 1.165) is 39.8 Å². The summed E-state index contributed by atoms with van der Waals surface area (Å²) in [6, 6.07) is 13.8. The third-order valence-corrected chi connectivity index (χ3v) is 5.20. The summed E-state index contributed by atoms with van der Waals surface area (Å²) in [5, 5.41) is 3.93. The second kappa shape index (κ2) is 6.58. The van der Waals surface area contributed by atoms with Crippen LogP contribution in [0.3, 0.4) is 0 Å². The summed E-state index contributed by atoms with van der Waals surface area (Å²) in [5.41, 5.74) is 5.17. The van der Waals surface area contributed by atoms with Crippen LogP contribution >= 0.6 is 0 Å². The highest BCUT2D eigenvalue weighted by atomic mass is 16.2. The van der Waals surface area contributed by atoms with Crippen molar-refractivity contribution in [1.82, 2.24) is 4.57 Å². The lowest BCUT2D eigenvalue weighted by Gasteiger charge is -2.18. The Morgan fingerprint density at radius 2 is 1.74 bits per heavy atom. The Bertz CT molecular complexity index is 1050. The molecule has 1 saturated heterocycles. The number of aryl methyl sites for hydroxylation is 3. The quantitative estimate of drug-likeness (QED) is 0.761. The van der Waals surface area contributed by atoms with Crippen LogP contribution in [0.2, 0.25) is 0 Å². The van der Waals surface area contributed by atoms with Crippen LogP contribution in [0.15, 0.2) is 42.5 Å². The van der Waals surface area contributed by atoms with Crippen LogP contribution in [-0.4, -0.2) is 22.9 Å². The Balaban J connectivity index is 1.85. The molecule has 1 aromatic heterocycles. The first-order valence-electron chi connectivity index (χ1n) is 9.23. The van der Waals surface area contributed by atoms with Gasteiger partial charge in [0.25, 0.3) is 5.91 Å². The molecule has 1 aliphatic rings. The molecule has 3 aromatic rings. The van der Waals surface area contributed by atoms with E-state index in [0.29, 0.717) is 18.7 Å². The van der Waals surface area contributed by atoms with Gasteiger partial charge in [-0.3, -0.25) is 9.59 Å². The minimum absolute atomic E-state index is 0.0772. The van der Waals surface area contributed by atoms with E-state index >= 15 is 0 Å². The number of aromatic nitrogens is 1. The Morgan fingerprint density at radius 1 is 1.04 bits per heavy atom. The highest BCUT2D eigenvalue weighted by Gasteiger charge is 2.31. The topological polar surface area (TPSA) is 54.3 Å². The van der Waals surface area contributed by atoms with Gasteiger partial charge in [0.05, 0.1) is 11.2 Å². The molecular weight excluding hydrogens is 338 g/mol. The molecule has 0 aliphatic carbocycles. The fourth-order valence-corrected chi connectivity index (χ4v) is 3.78. The molecule has 2 heterocycles. The van der Waals surface area contributed by atoms with E-state index in [4.69, 9.17) is 0 Å². The number of nitrogens with zero attached hydrogens (tertiary/aromatic N) is 2. The van der Waals surface area contributed by atoms with E-state index in [-0.39, 0.29) is 11.8 Å². The van der Waals surface area contributed by atoms with Crippen LogP contribution in [0, 0.1) is 13.8 Å². The minimum atomic E-state index is -0.204. The molecule has 2 aromatic carbocycles. The number of amides is 2. The molecule has 2 amide bonds. The largest absolute Gasteiger partial charge is 0.338 e. The van der Waals surface area contributed by atoms with Gasteiger partial charge in [0.15, 0.2) is 0 Å². The molecule has 0 spiro atoms. The maximum atomic E-state index is 13.2. The predicted molar refractivity (Wildman–Crippen MR) is 108 cm³/mol. The fraction of sp³-hybridized carbons (Fsp3) is 0.273. The number of rotatable bonds is 3. The van der Waals surface area contributed by atoms with Crippen LogP contribution in [-0.2, 0) is 11.8 Å². The summed E-state index contributed by atoms with van der Waals surface area (Å²) < 4.78 is 1.89. The number of hydrogen-bond donors (Lipinski definition) is 1. The molecule has 0 radical (unpaired) electrons. The van der Waals surface area contributed by atoms with Gasteiger partial charge in [0, 0.05) is 31.1 Å². The van der Waals surface area contributed by atoms with Crippen molar-refractivity contribution in [1.29, 1.82) is 0 Å². The van der Waals surface area contributed by atoms with E-state index in [1.165, 1.54) is 0 Å². The molecule has 1 aliphatic heterocycles. The molecule has 0 bridgehead atoms. The van der Waals surface area contributed by atoms with Gasteiger partial charge in [-0.2, -0.15) is 0 Å². The number of nitrogens with one attached hydrogen (secondary N) is 1. The highest BCUT2D eigenvalue weighted by molar-refractivity contribution is 6.17. The van der Waals surface area contributed by atoms with Crippen LogP contribution in [0.25, 0.3) is 10.9 Å². The third kappa shape index (κ3) is 2.99. The predicted octanol–water partition coefficient (Wildman–Crippen LogP) is 4.17. The maximum Gasteiger partial charge on any atom is 0.274 e. The molecule has 1 N–H and O–H groups in total. The van der Waals surface area contributed by atoms with Crippen molar-refractivity contribution in [3.63, 3.8) is 0 Å². The standard InChI is InChI=1S/C22H23N3O2/c1-14-6-9-16(10-7-14)23-22(27)21-20(25-12-4-5-19(25)26)17-13-15(2)8-11-18(17)24(21)3/h6-11,13H,4-5,12H2,1-3H3,(H,23,27). The summed E-state index contributed by atoms with van der Waals surface area (Å²) in [7, 11) is 1.88. The lowest BCUT2D eigenvalue weighted by Crippen LogP contribution is -2.27. The van der Waals surface area contributed by atoms with Gasteiger partial charge in [0.2, 0.25) is 5.91 Å². The van der Waals surface area contributed by atoms with Gasteiger partial charge in [-0.15, -0.1) is 0 Å². The average Bonchev–Trinajstić information content (AvgIpc) is 3.17. The Labute approximate surface area is 158 Å². The van der Waals surface area contributed by atoms with E-state index in [2.05, 4.69) is 11.4 Å². The number of benzene rings is 2. The summed E-state index contributed by atoms with van der Waals surface area (Å²) in [6.07, 6.45) is 1.35. The molecule has 1 fully saturated rings. The second-order valence-corrected chi connectivity index (χ2v) is 7.25. The summed E-state index contributed by atoms with van der Waals surface area (Å²) >= 11 is 0. The zero-order chi connectivity index (χ0) is 19.1. The molecule has 0 saturated carbocycles. The van der Waals surface area contributed by atoms with Gasteiger partial charge in [-0.05, 0) is 44.5 Å². The first-order chi connectivity index (χ1) is 13.0. The molecule has 0 atom stereocenters. The number of hydrogen-bond acceptors (Lipinski definition) is 2. The molecule has 4 rings (SSSR count). The Hall–Kier alpha value is -3.08. The second-order valence-electron chi connectivity index (χ2n) is 7.25. The zero-order valence-electron chi connectivity index (χ0n) is 15.9. The van der Waals surface area contributed by atoms with E-state index < -0.39 is 0 Å². The number of anilines is 2. The number of fused-ring (bicyclic) bond motifs is 1. The first-order valence-corrected chi connectivity index (χ1v) is 9.23. The van der Waals surface area contributed by atoms with Crippen LogP contribution in [0.4, 0.5) is 11.4 Å². The minimum Gasteiger partial charge on any atom is -0.338 e. The van der Waals surface area contributed by atoms with Crippen LogP contribution in [0.5, 0.6) is 0 Å². The fourth-order valence-electron chi connectivity index (χ4n) is 3.78. The van der Waals surface area contributed by atoms with Crippen molar-refractivity contribution in [2.75, 3.05) is 16.8 Å². The van der Waals surface area contributed by atoms with E-state index in [9.17, 15) is 9.59 Å². The van der Waals surface area contributed by atoms with Crippen molar-refractivity contribution in [3.05, 3.63) is 59.3 Å². The maximum absolute atomic E-state index is 13.2. The highest BCUT2D eigenvalue weighted by Crippen LogP contribution is 2.36. The summed E-state index contributed by atoms with van der Waals surface area (Å²) in [5.74, 6) is -0.127. The molecule has 138 valence electrons. The van der Waals surface area contributed by atoms with Crippen molar-refractivity contribution < 1.29 is 9.59 Å². The Kier molecular flexibility index (Phi) is 4.22. The van der Waals surface area contributed by atoms with Crippen molar-refractivity contribution in [2.45, 2.75) is 26.7 Å². The van der Waals surface area contributed by atoms with E-state index in [1.54, 1.807) is 4.90 Å². The molecular formula is C22H23N3O2. The number of carbonyl (C=O) groups excluding carboxylic acids is 2. The summed E-state index contributed by atoms with van der Waals surface area (Å²) in [6.45, 7) is 4.68. The first kappa shape index (κ1) is 17.3. The van der Waals surface area contributed by atoms with Gasteiger partial charge >= 0.3 is 0 Å². The van der Waals surface area contributed by atoms with Crippen LogP contribution < -0.4 is 10.2 Å². The molecule has 27 heavy (non-hydrogen) atoms. The van der Waals surface area contributed by atoms with Crippen LogP contribution in [0.1, 0.15) is 34.5 Å². The third-order valence-electron chi connectivity index (χ3n) is 5.20. The summed E-state index contributed by atoms with van der Waals surface area (Å²) in [4.78, 5) is 27.4. The van der Waals surface area contributed by atoms with Crippen molar-refractivity contribution >= 4 is 34.1 Å².